The van der Waals surface area contributed by atoms with E-state index in [2.05, 4.69) is 0 Å². The van der Waals surface area contributed by atoms with E-state index in [9.17, 15) is 14.3 Å². The van der Waals surface area contributed by atoms with Gasteiger partial charge in [-0.15, -0.1) is 11.8 Å². The number of phenolic OH excluding ortho intramolecular Hbond substituents is 1. The minimum absolute atomic E-state index is 0.147. The third kappa shape index (κ3) is 3.28. The average molecular weight is 292 g/mol. The fourth-order valence-corrected chi connectivity index (χ4v) is 2.57. The zero-order chi connectivity index (χ0) is 14.5. The molecule has 4 N–H and O–H groups in total. The highest BCUT2D eigenvalue weighted by atomic mass is 32.2. The van der Waals surface area contributed by atoms with Crippen LogP contribution in [0.15, 0.2) is 47.4 Å². The van der Waals surface area contributed by atoms with Crippen LogP contribution in [0.4, 0.5) is 4.39 Å². The van der Waals surface area contributed by atoms with Crippen LogP contribution in [0.3, 0.4) is 0 Å². The van der Waals surface area contributed by atoms with Crippen molar-refractivity contribution in [1.29, 1.82) is 0 Å². The van der Waals surface area contributed by atoms with Crippen LogP contribution in [0.1, 0.15) is 15.9 Å². The van der Waals surface area contributed by atoms with E-state index in [1.807, 2.05) is 5.43 Å². The number of nitrogens with one attached hydrogen (secondary N) is 1. The Labute approximate surface area is 119 Å². The first kappa shape index (κ1) is 14.4. The molecule has 0 aliphatic rings. The van der Waals surface area contributed by atoms with Crippen molar-refractivity contribution in [3.63, 3.8) is 0 Å². The van der Waals surface area contributed by atoms with Crippen molar-refractivity contribution in [1.82, 2.24) is 5.43 Å². The van der Waals surface area contributed by atoms with E-state index >= 15 is 0 Å². The standard InChI is InChI=1S/C14H13FN2O2S/c15-11-6-5-9(14(19)17-16)7-10(11)8-20-13-4-2-1-3-12(13)18/h1-7,18H,8,16H2,(H,17,19). The number of para-hydroxylation sites is 1. The van der Waals surface area contributed by atoms with Crippen LogP contribution in [0.5, 0.6) is 5.75 Å². The topological polar surface area (TPSA) is 75.3 Å². The van der Waals surface area contributed by atoms with E-state index in [1.54, 1.807) is 24.3 Å². The molecule has 0 aliphatic heterocycles. The van der Waals surface area contributed by atoms with Crippen molar-refractivity contribution >= 4 is 17.7 Å². The van der Waals surface area contributed by atoms with Crippen molar-refractivity contribution in [3.05, 3.63) is 59.4 Å². The first-order valence-corrected chi connectivity index (χ1v) is 6.80. The second kappa shape index (κ2) is 6.40. The molecule has 6 heteroatoms. The Morgan fingerprint density at radius 1 is 1.30 bits per heavy atom. The highest BCUT2D eigenvalue weighted by Gasteiger charge is 2.10. The molecule has 0 saturated carbocycles. The summed E-state index contributed by atoms with van der Waals surface area (Å²) in [6.07, 6.45) is 0. The number of hydrogen-bond donors (Lipinski definition) is 3. The number of benzene rings is 2. The maximum absolute atomic E-state index is 13.7. The second-order valence-corrected chi connectivity index (χ2v) is 5.05. The molecule has 1 amide bonds. The molecule has 0 aromatic heterocycles. The third-order valence-corrected chi connectivity index (χ3v) is 3.80. The summed E-state index contributed by atoms with van der Waals surface area (Å²) in [5.74, 6) is 4.62. The molecule has 2 aromatic carbocycles. The Balaban J connectivity index is 2.17. The number of nitrogens with two attached hydrogens (primary N) is 1. The lowest BCUT2D eigenvalue weighted by molar-refractivity contribution is 0.0953. The number of rotatable bonds is 4. The third-order valence-electron chi connectivity index (χ3n) is 2.69. The number of phenols is 1. The fourth-order valence-electron chi connectivity index (χ4n) is 1.64. The summed E-state index contributed by atoms with van der Waals surface area (Å²) in [5.41, 5.74) is 2.67. The number of carbonyl (C=O) groups is 1. The lowest BCUT2D eigenvalue weighted by Crippen LogP contribution is -2.30. The van der Waals surface area contributed by atoms with Crippen LogP contribution < -0.4 is 11.3 Å². The monoisotopic (exact) mass is 292 g/mol. The number of carbonyl (C=O) groups excluding carboxylic acids is 1. The summed E-state index contributed by atoms with van der Waals surface area (Å²) < 4.78 is 13.7. The number of aromatic hydroxyl groups is 1. The van der Waals surface area contributed by atoms with Crippen LogP contribution in [-0.4, -0.2) is 11.0 Å². The van der Waals surface area contributed by atoms with E-state index < -0.39 is 11.7 Å². The Morgan fingerprint density at radius 2 is 2.05 bits per heavy atom. The molecule has 104 valence electrons. The lowest BCUT2D eigenvalue weighted by atomic mass is 10.1. The summed E-state index contributed by atoms with van der Waals surface area (Å²) in [6.45, 7) is 0. The molecule has 4 nitrogen and oxygen atoms in total. The number of hydrazine groups is 1. The van der Waals surface area contributed by atoms with Gasteiger partial charge in [0.2, 0.25) is 0 Å². The minimum atomic E-state index is -0.473. The highest BCUT2D eigenvalue weighted by Crippen LogP contribution is 2.31. The van der Waals surface area contributed by atoms with Gasteiger partial charge in [-0.05, 0) is 35.9 Å². The number of thioether (sulfide) groups is 1. The molecule has 2 rings (SSSR count). The Hall–Kier alpha value is -2.05. The smallest absolute Gasteiger partial charge is 0.265 e. The zero-order valence-electron chi connectivity index (χ0n) is 10.5. The van der Waals surface area contributed by atoms with Gasteiger partial charge >= 0.3 is 0 Å². The van der Waals surface area contributed by atoms with Crippen molar-refractivity contribution in [2.45, 2.75) is 10.6 Å². The predicted molar refractivity (Wildman–Crippen MR) is 75.7 cm³/mol. The largest absolute Gasteiger partial charge is 0.507 e. The molecule has 0 bridgehead atoms. The molecule has 0 atom stereocenters. The summed E-state index contributed by atoms with van der Waals surface area (Å²) in [6, 6.07) is 10.9. The fraction of sp³-hybridized carbons (Fsp3) is 0.0714. The normalized spacial score (nSPS) is 10.3. The number of halogens is 1. The lowest BCUT2D eigenvalue weighted by Gasteiger charge is -2.07. The van der Waals surface area contributed by atoms with E-state index in [-0.39, 0.29) is 5.75 Å². The maximum Gasteiger partial charge on any atom is 0.265 e. The Morgan fingerprint density at radius 3 is 2.75 bits per heavy atom. The predicted octanol–water partition coefficient (Wildman–Crippen LogP) is 2.43. The maximum atomic E-state index is 13.7. The summed E-state index contributed by atoms with van der Waals surface area (Å²) in [5, 5.41) is 9.64. The van der Waals surface area contributed by atoms with E-state index in [1.165, 1.54) is 30.0 Å². The number of amides is 1. The van der Waals surface area contributed by atoms with E-state index in [0.717, 1.165) is 0 Å². The molecule has 0 radical (unpaired) electrons. The highest BCUT2D eigenvalue weighted by molar-refractivity contribution is 7.98. The Kier molecular flexibility index (Phi) is 4.60. The van der Waals surface area contributed by atoms with Gasteiger partial charge in [0, 0.05) is 16.2 Å². The zero-order valence-corrected chi connectivity index (χ0v) is 11.3. The summed E-state index contributed by atoms with van der Waals surface area (Å²) in [7, 11) is 0. The first-order valence-electron chi connectivity index (χ1n) is 5.82. The van der Waals surface area contributed by atoms with Crippen molar-refractivity contribution in [3.8, 4) is 5.75 Å². The number of nitrogen functional groups attached to an aromatic ring is 1. The second-order valence-electron chi connectivity index (χ2n) is 4.04. The van der Waals surface area contributed by atoms with Gasteiger partial charge in [-0.25, -0.2) is 10.2 Å². The quantitative estimate of drug-likeness (QED) is 0.350. The van der Waals surface area contributed by atoms with Gasteiger partial charge in [0.25, 0.3) is 5.91 Å². The van der Waals surface area contributed by atoms with Gasteiger partial charge in [-0.3, -0.25) is 10.2 Å². The van der Waals surface area contributed by atoms with Gasteiger partial charge in [0.1, 0.15) is 11.6 Å². The molecule has 0 aliphatic carbocycles. The van der Waals surface area contributed by atoms with Crippen molar-refractivity contribution < 1.29 is 14.3 Å². The van der Waals surface area contributed by atoms with Gasteiger partial charge in [-0.2, -0.15) is 0 Å². The van der Waals surface area contributed by atoms with Gasteiger partial charge < -0.3 is 5.11 Å². The first-order chi connectivity index (χ1) is 9.61. The molecule has 20 heavy (non-hydrogen) atoms. The molecule has 0 unspecified atom stereocenters. The van der Waals surface area contributed by atoms with Crippen molar-refractivity contribution in [2.75, 3.05) is 0 Å². The molecular weight excluding hydrogens is 279 g/mol. The molecule has 2 aromatic rings. The number of hydrogen-bond acceptors (Lipinski definition) is 4. The van der Waals surface area contributed by atoms with E-state index in [0.29, 0.717) is 21.8 Å². The molecule has 0 saturated heterocycles. The van der Waals surface area contributed by atoms with Crippen LogP contribution in [0, 0.1) is 5.82 Å². The van der Waals surface area contributed by atoms with E-state index in [4.69, 9.17) is 5.84 Å². The van der Waals surface area contributed by atoms with Gasteiger partial charge in [0.05, 0.1) is 0 Å². The van der Waals surface area contributed by atoms with Crippen LogP contribution in [0.25, 0.3) is 0 Å². The molecule has 0 heterocycles. The average Bonchev–Trinajstić information content (AvgIpc) is 2.47. The molecule has 0 fully saturated rings. The van der Waals surface area contributed by atoms with Gasteiger partial charge in [0.15, 0.2) is 0 Å². The molecule has 0 spiro atoms. The van der Waals surface area contributed by atoms with Crippen LogP contribution in [0.2, 0.25) is 0 Å². The minimum Gasteiger partial charge on any atom is -0.507 e. The molecular formula is C14H13FN2O2S. The summed E-state index contributed by atoms with van der Waals surface area (Å²) in [4.78, 5) is 12.1. The van der Waals surface area contributed by atoms with Crippen molar-refractivity contribution in [2.24, 2.45) is 5.84 Å². The van der Waals surface area contributed by atoms with Crippen LogP contribution >= 0.6 is 11.8 Å². The van der Waals surface area contributed by atoms with Crippen LogP contribution in [-0.2, 0) is 5.75 Å². The Bertz CT molecular complexity index is 634. The summed E-state index contributed by atoms with van der Waals surface area (Å²) >= 11 is 1.29. The van der Waals surface area contributed by atoms with Gasteiger partial charge in [-0.1, -0.05) is 12.1 Å². The SMILES string of the molecule is NNC(=O)c1ccc(F)c(CSc2ccccc2O)c1.